The van der Waals surface area contributed by atoms with Crippen LogP contribution in [-0.4, -0.2) is 16.4 Å². The second kappa shape index (κ2) is 5.32. The molecule has 4 fully saturated rings. The quantitative estimate of drug-likeness (QED) is 0.618. The molecule has 2 heteroatoms. The molecule has 0 aromatic carbocycles. The Bertz CT molecular complexity index is 540. The monoisotopic (exact) mass is 331 g/mol. The molecule has 8 atom stereocenters. The van der Waals surface area contributed by atoms with Crippen LogP contribution in [-0.2, 0) is 0 Å². The lowest BCUT2D eigenvalue weighted by Crippen LogP contribution is -2.54. The molecule has 0 bridgehead atoms. The van der Waals surface area contributed by atoms with Gasteiger partial charge in [0.25, 0.3) is 0 Å². The van der Waals surface area contributed by atoms with Crippen LogP contribution >= 0.6 is 0 Å². The van der Waals surface area contributed by atoms with Crippen molar-refractivity contribution in [1.29, 1.82) is 5.41 Å². The Labute approximate surface area is 148 Å². The lowest BCUT2D eigenvalue weighted by atomic mass is 9.45. The number of fused-ring (bicyclic) bond motifs is 5. The van der Waals surface area contributed by atoms with Gasteiger partial charge < -0.3 is 10.5 Å². The summed E-state index contributed by atoms with van der Waals surface area (Å²) in [4.78, 5) is 0. The summed E-state index contributed by atoms with van der Waals surface area (Å²) in [5, 5.41) is 18.9. The molecule has 0 aliphatic heterocycles. The number of hydrogen-bond acceptors (Lipinski definition) is 2. The highest BCUT2D eigenvalue weighted by Crippen LogP contribution is 2.67. The van der Waals surface area contributed by atoms with E-state index in [0.29, 0.717) is 16.7 Å². The summed E-state index contributed by atoms with van der Waals surface area (Å²) < 4.78 is 0. The third kappa shape index (κ3) is 2.35. The summed E-state index contributed by atoms with van der Waals surface area (Å²) >= 11 is 0. The van der Waals surface area contributed by atoms with Gasteiger partial charge in [-0.1, -0.05) is 13.8 Å². The Hall–Kier alpha value is -0.370. The fourth-order valence-electron chi connectivity index (χ4n) is 8.35. The smallest absolute Gasteiger partial charge is 0.0625 e. The van der Waals surface area contributed by atoms with E-state index in [2.05, 4.69) is 20.8 Å². The molecule has 0 aromatic heterocycles. The van der Waals surface area contributed by atoms with Gasteiger partial charge in [0, 0.05) is 11.6 Å². The summed E-state index contributed by atoms with van der Waals surface area (Å²) in [6.07, 6.45) is 11.3. The van der Waals surface area contributed by atoms with Crippen molar-refractivity contribution in [2.24, 2.45) is 40.4 Å². The van der Waals surface area contributed by atoms with Crippen LogP contribution < -0.4 is 0 Å². The molecule has 0 radical (unpaired) electrons. The largest absolute Gasteiger partial charge is 0.390 e. The minimum Gasteiger partial charge on any atom is -0.390 e. The third-order valence-corrected chi connectivity index (χ3v) is 9.25. The van der Waals surface area contributed by atoms with E-state index >= 15 is 0 Å². The van der Waals surface area contributed by atoms with Gasteiger partial charge in [-0.05, 0) is 106 Å². The van der Waals surface area contributed by atoms with E-state index in [9.17, 15) is 5.11 Å². The van der Waals surface area contributed by atoms with Crippen LogP contribution in [0.25, 0.3) is 0 Å². The fraction of sp³-hybridized carbons (Fsp3) is 0.955. The Morgan fingerprint density at radius 3 is 2.25 bits per heavy atom. The number of hydrogen-bond donors (Lipinski definition) is 2. The normalized spacial score (nSPS) is 57.0. The van der Waals surface area contributed by atoms with Gasteiger partial charge in [0.1, 0.15) is 0 Å². The van der Waals surface area contributed by atoms with E-state index in [1.807, 2.05) is 6.92 Å². The molecule has 4 aliphatic rings. The maximum absolute atomic E-state index is 10.6. The van der Waals surface area contributed by atoms with Crippen molar-refractivity contribution >= 4 is 5.71 Å². The standard InChI is InChI=1S/C22H37NO/c1-14(23)17-5-6-19-16-7-10-20(2)13-21(3,24)11-9-18(20)15(16)8-12-22(17,19)4/h15-19,23-24H,5-13H2,1-4H3/t15?,16?,17?,18?,19?,20?,21-,22?/m1/s1. The Morgan fingerprint density at radius 1 is 0.875 bits per heavy atom. The van der Waals surface area contributed by atoms with Crippen LogP contribution in [0.2, 0.25) is 0 Å². The first-order valence-corrected chi connectivity index (χ1v) is 10.4. The molecule has 0 heterocycles. The van der Waals surface area contributed by atoms with Crippen LogP contribution in [0.4, 0.5) is 0 Å². The van der Waals surface area contributed by atoms with Gasteiger partial charge in [-0.25, -0.2) is 0 Å². The molecule has 2 nitrogen and oxygen atoms in total. The average Bonchev–Trinajstić information content (AvgIpc) is 2.82. The van der Waals surface area contributed by atoms with Gasteiger partial charge in [-0.3, -0.25) is 0 Å². The average molecular weight is 332 g/mol. The molecule has 136 valence electrons. The molecule has 0 aromatic rings. The van der Waals surface area contributed by atoms with E-state index in [4.69, 9.17) is 5.41 Å². The summed E-state index contributed by atoms with van der Waals surface area (Å²) in [5.41, 5.74) is 1.28. The van der Waals surface area contributed by atoms with Gasteiger partial charge >= 0.3 is 0 Å². The van der Waals surface area contributed by atoms with Crippen LogP contribution in [0.15, 0.2) is 0 Å². The zero-order chi connectivity index (χ0) is 17.3. The van der Waals surface area contributed by atoms with E-state index in [-0.39, 0.29) is 0 Å². The van der Waals surface area contributed by atoms with Gasteiger partial charge in [0.05, 0.1) is 5.60 Å². The van der Waals surface area contributed by atoms with E-state index in [1.54, 1.807) is 0 Å². The SMILES string of the molecule is CC(=N)C1CCC2C3CCC4(C)C[C@](C)(O)CCC4C3CCC12C. The van der Waals surface area contributed by atoms with Crippen molar-refractivity contribution in [2.75, 3.05) is 0 Å². The van der Waals surface area contributed by atoms with E-state index < -0.39 is 5.60 Å². The molecule has 0 amide bonds. The Morgan fingerprint density at radius 2 is 1.54 bits per heavy atom. The number of aliphatic hydroxyl groups is 1. The molecule has 4 saturated carbocycles. The lowest BCUT2D eigenvalue weighted by molar-refractivity contribution is -0.136. The van der Waals surface area contributed by atoms with E-state index in [0.717, 1.165) is 42.2 Å². The van der Waals surface area contributed by atoms with Gasteiger partial charge in [-0.2, -0.15) is 0 Å². The fourth-order valence-corrected chi connectivity index (χ4v) is 8.35. The molecular weight excluding hydrogens is 294 g/mol. The minimum absolute atomic E-state index is 0.367. The molecule has 4 rings (SSSR count). The highest BCUT2D eigenvalue weighted by molar-refractivity contribution is 5.82. The lowest BCUT2D eigenvalue weighted by Gasteiger charge is -2.60. The third-order valence-electron chi connectivity index (χ3n) is 9.25. The van der Waals surface area contributed by atoms with Gasteiger partial charge in [-0.15, -0.1) is 0 Å². The molecule has 24 heavy (non-hydrogen) atoms. The van der Waals surface area contributed by atoms with Crippen molar-refractivity contribution in [2.45, 2.75) is 91.1 Å². The second-order valence-corrected chi connectivity index (χ2v) is 10.8. The highest BCUT2D eigenvalue weighted by atomic mass is 16.3. The number of nitrogens with one attached hydrogen (secondary N) is 1. The predicted molar refractivity (Wildman–Crippen MR) is 99.2 cm³/mol. The Kier molecular flexibility index (Phi) is 3.78. The topological polar surface area (TPSA) is 44.1 Å². The first kappa shape index (κ1) is 17.1. The molecule has 0 spiro atoms. The predicted octanol–water partition coefficient (Wildman–Crippen LogP) is 5.44. The zero-order valence-corrected chi connectivity index (χ0v) is 16.2. The summed E-state index contributed by atoms with van der Waals surface area (Å²) in [6.45, 7) is 9.11. The number of rotatable bonds is 1. The summed E-state index contributed by atoms with van der Waals surface area (Å²) in [5.74, 6) is 4.02. The minimum atomic E-state index is -0.434. The van der Waals surface area contributed by atoms with Gasteiger partial charge in [0.15, 0.2) is 0 Å². The van der Waals surface area contributed by atoms with Crippen LogP contribution in [0, 0.1) is 45.8 Å². The molecule has 7 unspecified atom stereocenters. The van der Waals surface area contributed by atoms with Crippen molar-refractivity contribution < 1.29 is 5.11 Å². The van der Waals surface area contributed by atoms with Crippen molar-refractivity contribution in [3.05, 3.63) is 0 Å². The van der Waals surface area contributed by atoms with Crippen molar-refractivity contribution in [3.8, 4) is 0 Å². The van der Waals surface area contributed by atoms with Crippen LogP contribution in [0.5, 0.6) is 0 Å². The van der Waals surface area contributed by atoms with Crippen LogP contribution in [0.1, 0.15) is 85.5 Å². The van der Waals surface area contributed by atoms with Gasteiger partial charge in [0.2, 0.25) is 0 Å². The molecule has 4 aliphatic carbocycles. The highest BCUT2D eigenvalue weighted by Gasteiger charge is 2.60. The second-order valence-electron chi connectivity index (χ2n) is 10.8. The summed E-state index contributed by atoms with van der Waals surface area (Å²) in [7, 11) is 0. The maximum atomic E-state index is 10.6. The maximum Gasteiger partial charge on any atom is 0.0625 e. The van der Waals surface area contributed by atoms with Crippen molar-refractivity contribution in [3.63, 3.8) is 0 Å². The van der Waals surface area contributed by atoms with Crippen molar-refractivity contribution in [1.82, 2.24) is 0 Å². The first-order chi connectivity index (χ1) is 11.2. The molecular formula is C22H37NO. The molecule has 0 saturated heterocycles. The van der Waals surface area contributed by atoms with E-state index in [1.165, 1.54) is 44.9 Å². The summed E-state index contributed by atoms with van der Waals surface area (Å²) in [6, 6.07) is 0. The first-order valence-electron chi connectivity index (χ1n) is 10.4. The molecule has 2 N–H and O–H groups in total. The zero-order valence-electron chi connectivity index (χ0n) is 16.2. The Balaban J connectivity index is 1.59. The van der Waals surface area contributed by atoms with Crippen LogP contribution in [0.3, 0.4) is 0 Å².